The van der Waals surface area contributed by atoms with Crippen molar-refractivity contribution in [2.75, 3.05) is 13.7 Å². The number of aryl methyl sites for hydroxylation is 1. The third-order valence-electron chi connectivity index (χ3n) is 5.14. The van der Waals surface area contributed by atoms with E-state index < -0.39 is 0 Å². The Labute approximate surface area is 182 Å². The summed E-state index contributed by atoms with van der Waals surface area (Å²) in [6.45, 7) is 1.53. The summed E-state index contributed by atoms with van der Waals surface area (Å²) in [5, 5.41) is 0.779. The number of benzene rings is 3. The summed E-state index contributed by atoms with van der Waals surface area (Å²) < 4.78 is 13.6. The lowest BCUT2D eigenvalue weighted by atomic mass is 10.1. The fourth-order valence-electron chi connectivity index (χ4n) is 3.61. The van der Waals surface area contributed by atoms with E-state index in [2.05, 4.69) is 28.8 Å². The Kier molecular flexibility index (Phi) is 6.55. The minimum atomic E-state index is 0.646. The van der Waals surface area contributed by atoms with Crippen LogP contribution in [0.3, 0.4) is 0 Å². The van der Waals surface area contributed by atoms with Gasteiger partial charge in [-0.1, -0.05) is 54.1 Å². The normalized spacial score (nSPS) is 11.0. The lowest BCUT2D eigenvalue weighted by Crippen LogP contribution is -2.07. The summed E-state index contributed by atoms with van der Waals surface area (Å²) in [5.74, 6) is 2.59. The van der Waals surface area contributed by atoms with E-state index in [9.17, 15) is 0 Å². The van der Waals surface area contributed by atoms with Crippen LogP contribution in [0, 0.1) is 0 Å². The zero-order valence-electron chi connectivity index (χ0n) is 17.1. The predicted octanol–water partition coefficient (Wildman–Crippen LogP) is 6.15. The number of fused-ring (bicyclic) bond motifs is 1. The molecule has 154 valence electrons. The van der Waals surface area contributed by atoms with Crippen LogP contribution in [0.1, 0.15) is 24.2 Å². The molecule has 4 nitrogen and oxygen atoms in total. The number of aromatic nitrogens is 2. The quantitative estimate of drug-likeness (QED) is 0.305. The lowest BCUT2D eigenvalue weighted by Gasteiger charge is -2.12. The fourth-order valence-corrected chi connectivity index (χ4v) is 3.82. The molecule has 0 unspecified atom stereocenters. The first-order valence-electron chi connectivity index (χ1n) is 10.2. The van der Waals surface area contributed by atoms with E-state index in [1.807, 2.05) is 48.5 Å². The zero-order chi connectivity index (χ0) is 20.8. The van der Waals surface area contributed by atoms with Crippen molar-refractivity contribution in [2.24, 2.45) is 0 Å². The van der Waals surface area contributed by atoms with Gasteiger partial charge in [0, 0.05) is 18.0 Å². The maximum atomic E-state index is 6.39. The van der Waals surface area contributed by atoms with Crippen molar-refractivity contribution in [1.82, 2.24) is 9.55 Å². The first kappa shape index (κ1) is 20.3. The summed E-state index contributed by atoms with van der Waals surface area (Å²) in [5.41, 5.74) is 3.27. The Hall–Kier alpha value is -2.98. The Bertz CT molecular complexity index is 1120. The third kappa shape index (κ3) is 4.60. The second-order valence-electron chi connectivity index (χ2n) is 7.14. The van der Waals surface area contributed by atoms with Crippen LogP contribution >= 0.6 is 11.6 Å². The smallest absolute Gasteiger partial charge is 0.161 e. The van der Waals surface area contributed by atoms with Gasteiger partial charge >= 0.3 is 0 Å². The molecule has 0 aliphatic rings. The first-order valence-corrected chi connectivity index (χ1v) is 10.6. The number of hydrogen-bond donors (Lipinski definition) is 0. The molecule has 0 radical (unpaired) electrons. The van der Waals surface area contributed by atoms with Gasteiger partial charge in [0.2, 0.25) is 0 Å². The van der Waals surface area contributed by atoms with Gasteiger partial charge in [-0.3, -0.25) is 0 Å². The van der Waals surface area contributed by atoms with Gasteiger partial charge in [0.05, 0.1) is 24.8 Å². The summed E-state index contributed by atoms with van der Waals surface area (Å²) in [6.07, 6.45) is 2.65. The van der Waals surface area contributed by atoms with Crippen molar-refractivity contribution in [3.63, 3.8) is 0 Å². The second-order valence-corrected chi connectivity index (χ2v) is 7.55. The number of hydrogen-bond acceptors (Lipinski definition) is 3. The molecule has 0 amide bonds. The van der Waals surface area contributed by atoms with Gasteiger partial charge in [-0.05, 0) is 48.7 Å². The number of methoxy groups -OCH3 is 1. The highest BCUT2D eigenvalue weighted by Crippen LogP contribution is 2.26. The number of halogens is 1. The third-order valence-corrected chi connectivity index (χ3v) is 5.51. The molecular formula is C25H25ClN2O2. The lowest BCUT2D eigenvalue weighted by molar-refractivity contribution is 0.284. The number of unbranched alkanes of at least 4 members (excludes halogenated alkanes) is 1. The van der Waals surface area contributed by atoms with Gasteiger partial charge < -0.3 is 14.0 Å². The van der Waals surface area contributed by atoms with E-state index >= 15 is 0 Å². The van der Waals surface area contributed by atoms with E-state index in [-0.39, 0.29) is 0 Å². The van der Waals surface area contributed by atoms with E-state index in [0.29, 0.717) is 13.0 Å². The largest absolute Gasteiger partial charge is 0.493 e. The summed E-state index contributed by atoms with van der Waals surface area (Å²) in [6, 6.07) is 24.0. The Morgan fingerprint density at radius 1 is 0.867 bits per heavy atom. The van der Waals surface area contributed by atoms with Gasteiger partial charge in [0.1, 0.15) is 5.82 Å². The summed E-state index contributed by atoms with van der Waals surface area (Å²) in [7, 11) is 1.66. The number of rotatable bonds is 9. The molecule has 3 aromatic carbocycles. The minimum absolute atomic E-state index is 0.646. The first-order chi connectivity index (χ1) is 14.8. The van der Waals surface area contributed by atoms with Crippen LogP contribution in [0.5, 0.6) is 11.5 Å². The van der Waals surface area contributed by atoms with Crippen LogP contribution in [0.4, 0.5) is 0 Å². The van der Waals surface area contributed by atoms with Crippen molar-refractivity contribution in [1.29, 1.82) is 0 Å². The average molecular weight is 421 g/mol. The van der Waals surface area contributed by atoms with Crippen LogP contribution in [0.2, 0.25) is 5.02 Å². The highest BCUT2D eigenvalue weighted by molar-refractivity contribution is 6.31. The Morgan fingerprint density at radius 3 is 2.43 bits per heavy atom. The summed E-state index contributed by atoms with van der Waals surface area (Å²) in [4.78, 5) is 4.87. The van der Waals surface area contributed by atoms with E-state index in [1.54, 1.807) is 7.11 Å². The number of ether oxygens (including phenoxy) is 2. The zero-order valence-corrected chi connectivity index (χ0v) is 17.8. The van der Waals surface area contributed by atoms with Crippen molar-refractivity contribution >= 4 is 22.6 Å². The molecule has 30 heavy (non-hydrogen) atoms. The van der Waals surface area contributed by atoms with Gasteiger partial charge in [0.25, 0.3) is 0 Å². The number of nitrogens with zero attached hydrogens (tertiary/aromatic N) is 2. The highest BCUT2D eigenvalue weighted by atomic mass is 35.5. The molecule has 5 heteroatoms. The molecule has 0 atom stereocenters. The molecule has 1 aromatic heterocycles. The number of imidazole rings is 1. The molecular weight excluding hydrogens is 396 g/mol. The molecule has 4 rings (SSSR count). The maximum absolute atomic E-state index is 6.39. The van der Waals surface area contributed by atoms with Crippen LogP contribution in [0.15, 0.2) is 72.8 Å². The Morgan fingerprint density at radius 2 is 1.60 bits per heavy atom. The van der Waals surface area contributed by atoms with Gasteiger partial charge in [-0.15, -0.1) is 0 Å². The standard InChI is InChI=1S/C25H25ClN2O2/c1-29-23-14-6-7-15-24(23)30-17-9-8-16-28-22-13-5-4-12-21(22)27-25(28)18-19-10-2-3-11-20(19)26/h2-7,10-15H,8-9,16-18H2,1H3. The van der Waals surface area contributed by atoms with Gasteiger partial charge in [0.15, 0.2) is 11.5 Å². The number of para-hydroxylation sites is 4. The topological polar surface area (TPSA) is 36.3 Å². The summed E-state index contributed by atoms with van der Waals surface area (Å²) >= 11 is 6.39. The van der Waals surface area contributed by atoms with Gasteiger partial charge in [-0.2, -0.15) is 0 Å². The minimum Gasteiger partial charge on any atom is -0.493 e. The van der Waals surface area contributed by atoms with Crippen LogP contribution < -0.4 is 9.47 Å². The van der Waals surface area contributed by atoms with E-state index in [0.717, 1.165) is 58.3 Å². The Balaban J connectivity index is 1.43. The molecule has 0 N–H and O–H groups in total. The van der Waals surface area contributed by atoms with E-state index in [1.165, 1.54) is 0 Å². The van der Waals surface area contributed by atoms with Crippen molar-refractivity contribution in [2.45, 2.75) is 25.8 Å². The van der Waals surface area contributed by atoms with Crippen LogP contribution in [0.25, 0.3) is 11.0 Å². The molecule has 0 aliphatic carbocycles. The predicted molar refractivity (Wildman–Crippen MR) is 122 cm³/mol. The maximum Gasteiger partial charge on any atom is 0.161 e. The molecule has 4 aromatic rings. The molecule has 0 saturated carbocycles. The van der Waals surface area contributed by atoms with Crippen molar-refractivity contribution < 1.29 is 9.47 Å². The molecule has 1 heterocycles. The van der Waals surface area contributed by atoms with Crippen molar-refractivity contribution in [3.05, 3.63) is 89.2 Å². The monoisotopic (exact) mass is 420 g/mol. The van der Waals surface area contributed by atoms with E-state index in [4.69, 9.17) is 26.1 Å². The molecule has 0 spiro atoms. The van der Waals surface area contributed by atoms with Gasteiger partial charge in [-0.25, -0.2) is 4.98 Å². The van der Waals surface area contributed by atoms with Crippen LogP contribution in [-0.4, -0.2) is 23.3 Å². The molecule has 0 aliphatic heterocycles. The SMILES string of the molecule is COc1ccccc1OCCCCn1c(Cc2ccccc2Cl)nc2ccccc21. The van der Waals surface area contributed by atoms with Crippen molar-refractivity contribution in [3.8, 4) is 11.5 Å². The molecule has 0 fully saturated rings. The second kappa shape index (κ2) is 9.68. The fraction of sp³-hybridized carbons (Fsp3) is 0.240. The molecule has 0 saturated heterocycles. The van der Waals surface area contributed by atoms with Crippen LogP contribution in [-0.2, 0) is 13.0 Å². The molecule has 0 bridgehead atoms. The average Bonchev–Trinajstić information content (AvgIpc) is 3.12. The highest BCUT2D eigenvalue weighted by Gasteiger charge is 2.12.